The van der Waals surface area contributed by atoms with Crippen LogP contribution in [0.4, 0.5) is 0 Å². The average molecular weight is 225 g/mol. The van der Waals surface area contributed by atoms with Gasteiger partial charge in [-0.05, 0) is 39.2 Å². The van der Waals surface area contributed by atoms with E-state index >= 15 is 0 Å². The van der Waals surface area contributed by atoms with Crippen LogP contribution in [-0.4, -0.2) is 36.4 Å². The van der Waals surface area contributed by atoms with Gasteiger partial charge in [-0.25, -0.2) is 0 Å². The van der Waals surface area contributed by atoms with Gasteiger partial charge in [-0.15, -0.1) is 0 Å². The maximum absolute atomic E-state index is 5.77. The summed E-state index contributed by atoms with van der Waals surface area (Å²) in [5, 5.41) is 0. The molecular weight excluding hydrogens is 198 g/mol. The van der Waals surface area contributed by atoms with Crippen molar-refractivity contribution in [2.75, 3.05) is 19.6 Å². The van der Waals surface area contributed by atoms with E-state index in [9.17, 15) is 0 Å². The van der Waals surface area contributed by atoms with Gasteiger partial charge in [-0.3, -0.25) is 4.99 Å². The fraction of sp³-hybridized carbons (Fsp3) is 0.923. The van der Waals surface area contributed by atoms with Crippen LogP contribution in [-0.2, 0) is 0 Å². The minimum atomic E-state index is 0.769. The quantitative estimate of drug-likeness (QED) is 0.428. The molecule has 3 nitrogen and oxygen atoms in total. The van der Waals surface area contributed by atoms with Crippen molar-refractivity contribution in [1.29, 1.82) is 0 Å². The molecule has 0 aromatic carbocycles. The minimum absolute atomic E-state index is 0.769. The highest BCUT2D eigenvalue weighted by Crippen LogP contribution is 2.16. The Morgan fingerprint density at radius 1 is 1.44 bits per heavy atom. The van der Waals surface area contributed by atoms with Crippen molar-refractivity contribution >= 4 is 5.84 Å². The lowest BCUT2D eigenvalue weighted by atomic mass is 10.0. The number of nitrogens with two attached hydrogens (primary N) is 1. The van der Waals surface area contributed by atoms with E-state index in [4.69, 9.17) is 5.73 Å². The Labute approximate surface area is 100 Å². The summed E-state index contributed by atoms with van der Waals surface area (Å²) < 4.78 is 0. The summed E-state index contributed by atoms with van der Waals surface area (Å²) in [7, 11) is 0. The first-order chi connectivity index (χ1) is 7.74. The summed E-state index contributed by atoms with van der Waals surface area (Å²) in [5.41, 5.74) is 5.77. The van der Waals surface area contributed by atoms with Crippen molar-refractivity contribution in [2.45, 2.75) is 58.4 Å². The second-order valence-corrected chi connectivity index (χ2v) is 4.86. The largest absolute Gasteiger partial charge is 0.387 e. The maximum Gasteiger partial charge on any atom is 0.0936 e. The molecule has 94 valence electrons. The Morgan fingerprint density at radius 3 is 2.94 bits per heavy atom. The van der Waals surface area contributed by atoms with Gasteiger partial charge in [0.2, 0.25) is 0 Å². The third-order valence-corrected chi connectivity index (χ3v) is 3.37. The van der Waals surface area contributed by atoms with Gasteiger partial charge in [0.15, 0.2) is 0 Å². The first-order valence-electron chi connectivity index (χ1n) is 6.77. The summed E-state index contributed by atoms with van der Waals surface area (Å²) >= 11 is 0. The molecule has 0 aromatic rings. The predicted molar refractivity (Wildman–Crippen MR) is 70.9 cm³/mol. The van der Waals surface area contributed by atoms with Crippen molar-refractivity contribution < 1.29 is 0 Å². The van der Waals surface area contributed by atoms with Crippen LogP contribution in [0.15, 0.2) is 4.99 Å². The van der Waals surface area contributed by atoms with Crippen molar-refractivity contribution in [1.82, 2.24) is 4.90 Å². The number of hydrogen-bond donors (Lipinski definition) is 1. The molecule has 3 heteroatoms. The van der Waals surface area contributed by atoms with Crippen LogP contribution in [0.5, 0.6) is 0 Å². The Hall–Kier alpha value is -0.570. The molecule has 0 spiro atoms. The second kappa shape index (κ2) is 7.66. The van der Waals surface area contributed by atoms with E-state index in [1.807, 2.05) is 0 Å². The lowest BCUT2D eigenvalue weighted by Gasteiger charge is -2.33. The fourth-order valence-electron chi connectivity index (χ4n) is 2.32. The highest BCUT2D eigenvalue weighted by molar-refractivity contribution is 5.80. The number of hydrogen-bond acceptors (Lipinski definition) is 2. The Bertz CT molecular complexity index is 213. The molecule has 1 atom stereocenters. The molecule has 1 heterocycles. The zero-order valence-corrected chi connectivity index (χ0v) is 10.9. The highest BCUT2D eigenvalue weighted by Gasteiger charge is 2.16. The molecule has 1 aliphatic heterocycles. The lowest BCUT2D eigenvalue weighted by molar-refractivity contribution is 0.160. The van der Waals surface area contributed by atoms with Crippen LogP contribution in [0.2, 0.25) is 0 Å². The monoisotopic (exact) mass is 225 g/mol. The first-order valence-corrected chi connectivity index (χ1v) is 6.77. The molecule has 1 saturated heterocycles. The smallest absolute Gasteiger partial charge is 0.0936 e. The van der Waals surface area contributed by atoms with Gasteiger partial charge in [-0.1, -0.05) is 13.3 Å². The van der Waals surface area contributed by atoms with E-state index in [0.29, 0.717) is 0 Å². The number of likely N-dealkylation sites (tertiary alicyclic amines) is 1. The molecule has 16 heavy (non-hydrogen) atoms. The van der Waals surface area contributed by atoms with Crippen molar-refractivity contribution in [2.24, 2.45) is 10.7 Å². The van der Waals surface area contributed by atoms with E-state index < -0.39 is 0 Å². The fourth-order valence-corrected chi connectivity index (χ4v) is 2.32. The summed E-state index contributed by atoms with van der Waals surface area (Å²) in [4.78, 5) is 6.98. The van der Waals surface area contributed by atoms with E-state index in [1.165, 1.54) is 32.4 Å². The van der Waals surface area contributed by atoms with Crippen LogP contribution < -0.4 is 5.73 Å². The van der Waals surface area contributed by atoms with Crippen LogP contribution in [0.3, 0.4) is 0 Å². The number of nitrogens with zero attached hydrogens (tertiary/aromatic N) is 2. The number of amidine groups is 1. The molecule has 0 bridgehead atoms. The predicted octanol–water partition coefficient (Wildman–Crippen LogP) is 2.41. The molecule has 1 unspecified atom stereocenters. The minimum Gasteiger partial charge on any atom is -0.387 e. The van der Waals surface area contributed by atoms with Crippen molar-refractivity contribution in [3.63, 3.8) is 0 Å². The van der Waals surface area contributed by atoms with Crippen LogP contribution in [0, 0.1) is 0 Å². The molecule has 1 fully saturated rings. The van der Waals surface area contributed by atoms with E-state index in [0.717, 1.165) is 37.7 Å². The average Bonchev–Trinajstić information content (AvgIpc) is 2.27. The van der Waals surface area contributed by atoms with Crippen LogP contribution in [0.1, 0.15) is 52.4 Å². The molecule has 0 radical (unpaired) electrons. The maximum atomic E-state index is 5.77. The highest BCUT2D eigenvalue weighted by atomic mass is 15.2. The third-order valence-electron chi connectivity index (χ3n) is 3.37. The van der Waals surface area contributed by atoms with Gasteiger partial charge in [0, 0.05) is 25.6 Å². The first kappa shape index (κ1) is 13.5. The van der Waals surface area contributed by atoms with Gasteiger partial charge in [0.05, 0.1) is 5.84 Å². The summed E-state index contributed by atoms with van der Waals surface area (Å²) in [6.07, 6.45) is 7.32. The van der Waals surface area contributed by atoms with E-state index in [1.54, 1.807) is 0 Å². The number of piperidine rings is 1. The second-order valence-electron chi connectivity index (χ2n) is 4.86. The Kier molecular flexibility index (Phi) is 6.46. The van der Waals surface area contributed by atoms with E-state index in [2.05, 4.69) is 23.7 Å². The topological polar surface area (TPSA) is 41.6 Å². The standard InChI is InChI=1S/C13H27N3/c1-3-7-13(14)15-9-6-11-16-10-5-4-8-12(16)2/h12H,3-11H2,1-2H3,(H2,14,15). The molecule has 0 amide bonds. The van der Waals surface area contributed by atoms with Gasteiger partial charge in [-0.2, -0.15) is 0 Å². The van der Waals surface area contributed by atoms with Crippen molar-refractivity contribution in [3.05, 3.63) is 0 Å². The lowest BCUT2D eigenvalue weighted by Crippen LogP contribution is -2.38. The SMILES string of the molecule is CCCC(N)=NCCCN1CCCCC1C. The summed E-state index contributed by atoms with van der Waals surface area (Å²) in [6, 6.07) is 0.769. The molecule has 1 rings (SSSR count). The molecule has 0 aliphatic carbocycles. The van der Waals surface area contributed by atoms with Gasteiger partial charge in [0.25, 0.3) is 0 Å². The molecule has 0 saturated carbocycles. The van der Waals surface area contributed by atoms with Crippen molar-refractivity contribution in [3.8, 4) is 0 Å². The molecular formula is C13H27N3. The molecule has 2 N–H and O–H groups in total. The Balaban J connectivity index is 2.12. The zero-order chi connectivity index (χ0) is 11.8. The third kappa shape index (κ3) is 4.97. The van der Waals surface area contributed by atoms with Crippen LogP contribution >= 0.6 is 0 Å². The van der Waals surface area contributed by atoms with Gasteiger partial charge in [0.1, 0.15) is 0 Å². The van der Waals surface area contributed by atoms with Gasteiger partial charge < -0.3 is 10.6 Å². The van der Waals surface area contributed by atoms with E-state index in [-0.39, 0.29) is 0 Å². The summed E-state index contributed by atoms with van der Waals surface area (Å²) in [6.45, 7) is 7.83. The zero-order valence-electron chi connectivity index (χ0n) is 10.9. The van der Waals surface area contributed by atoms with Gasteiger partial charge >= 0.3 is 0 Å². The number of aliphatic imine (C=N–C) groups is 1. The molecule has 1 aliphatic rings. The molecule has 0 aromatic heterocycles. The number of rotatable bonds is 6. The van der Waals surface area contributed by atoms with Crippen LogP contribution in [0.25, 0.3) is 0 Å². The summed E-state index contributed by atoms with van der Waals surface area (Å²) in [5.74, 6) is 0.828. The Morgan fingerprint density at radius 2 is 2.25 bits per heavy atom. The normalized spacial score (nSPS) is 23.6.